The number of hydrogen-bond donors (Lipinski definition) is 0. The smallest absolute Gasteiger partial charge is 0.132 e. The van der Waals surface area contributed by atoms with Crippen LogP contribution in [-0.4, -0.2) is 12.9 Å². The van der Waals surface area contributed by atoms with E-state index in [4.69, 9.17) is 4.74 Å². The van der Waals surface area contributed by atoms with Gasteiger partial charge < -0.3 is 4.74 Å². The monoisotopic (exact) mass is 184 g/mol. The Morgan fingerprint density at radius 2 is 2.00 bits per heavy atom. The number of allylic oxidation sites excluding steroid dienone is 1. The zero-order valence-electron chi connectivity index (χ0n) is 8.71. The van der Waals surface area contributed by atoms with Gasteiger partial charge in [0.1, 0.15) is 5.78 Å². The zero-order valence-corrected chi connectivity index (χ0v) is 8.71. The first kappa shape index (κ1) is 12.2. The van der Waals surface area contributed by atoms with Gasteiger partial charge in [0.25, 0.3) is 0 Å². The molecule has 0 saturated carbocycles. The van der Waals surface area contributed by atoms with E-state index < -0.39 is 0 Å². The number of ketones is 1. The molecule has 2 nitrogen and oxygen atoms in total. The summed E-state index contributed by atoms with van der Waals surface area (Å²) in [7, 11) is 1.63. The first-order valence-electron chi connectivity index (χ1n) is 5.00. The Labute approximate surface area is 81.0 Å². The van der Waals surface area contributed by atoms with Crippen LogP contribution >= 0.6 is 0 Å². The minimum atomic E-state index is 0.396. The summed E-state index contributed by atoms with van der Waals surface area (Å²) in [6.45, 7) is 2.11. The lowest BCUT2D eigenvalue weighted by Crippen LogP contribution is -1.96. The van der Waals surface area contributed by atoms with E-state index >= 15 is 0 Å². The van der Waals surface area contributed by atoms with E-state index in [0.29, 0.717) is 12.2 Å². The summed E-state index contributed by atoms with van der Waals surface area (Å²) in [6, 6.07) is 0. The molecule has 0 fully saturated rings. The molecule has 0 aromatic carbocycles. The molecule has 0 rings (SSSR count). The van der Waals surface area contributed by atoms with Crippen molar-refractivity contribution in [2.24, 2.45) is 0 Å². The number of ether oxygens (including phenoxy) is 1. The molecule has 0 unspecified atom stereocenters. The molecular formula is C11H20O2. The number of Topliss-reactive ketones (excluding diaryl/α,β-unsaturated/α-hetero) is 1. The SMILES string of the molecule is CCCCC(=O)CCC/C=C\OC. The van der Waals surface area contributed by atoms with Gasteiger partial charge in [-0.1, -0.05) is 13.3 Å². The molecule has 0 spiro atoms. The third-order valence-electron chi connectivity index (χ3n) is 1.87. The van der Waals surface area contributed by atoms with Gasteiger partial charge in [-0.25, -0.2) is 0 Å². The van der Waals surface area contributed by atoms with Crippen LogP contribution in [0, 0.1) is 0 Å². The average Bonchev–Trinajstić information content (AvgIpc) is 2.14. The Morgan fingerprint density at radius 1 is 1.31 bits per heavy atom. The van der Waals surface area contributed by atoms with Gasteiger partial charge in [-0.15, -0.1) is 0 Å². The molecule has 0 bridgehead atoms. The molecular weight excluding hydrogens is 164 g/mol. The summed E-state index contributed by atoms with van der Waals surface area (Å²) < 4.78 is 4.75. The molecule has 0 radical (unpaired) electrons. The highest BCUT2D eigenvalue weighted by Crippen LogP contribution is 2.03. The zero-order chi connectivity index (χ0) is 9.94. The quantitative estimate of drug-likeness (QED) is 0.428. The Balaban J connectivity index is 3.21. The van der Waals surface area contributed by atoms with Crippen LogP contribution in [0.1, 0.15) is 45.4 Å². The van der Waals surface area contributed by atoms with Crippen molar-refractivity contribution in [3.63, 3.8) is 0 Å². The van der Waals surface area contributed by atoms with Crippen molar-refractivity contribution in [2.75, 3.05) is 7.11 Å². The number of hydrogen-bond acceptors (Lipinski definition) is 2. The number of carbonyl (C=O) groups is 1. The summed E-state index contributed by atoms with van der Waals surface area (Å²) in [5, 5.41) is 0. The number of rotatable bonds is 8. The third-order valence-corrected chi connectivity index (χ3v) is 1.87. The first-order chi connectivity index (χ1) is 6.31. The average molecular weight is 184 g/mol. The predicted octanol–water partition coefficient (Wildman–Crippen LogP) is 3.08. The minimum absolute atomic E-state index is 0.396. The minimum Gasteiger partial charge on any atom is -0.505 e. The topological polar surface area (TPSA) is 26.3 Å². The molecule has 0 atom stereocenters. The van der Waals surface area contributed by atoms with Crippen molar-refractivity contribution in [3.8, 4) is 0 Å². The van der Waals surface area contributed by atoms with Crippen LogP contribution in [-0.2, 0) is 9.53 Å². The first-order valence-corrected chi connectivity index (χ1v) is 5.00. The molecule has 13 heavy (non-hydrogen) atoms. The van der Waals surface area contributed by atoms with E-state index in [1.165, 1.54) is 0 Å². The van der Waals surface area contributed by atoms with Gasteiger partial charge in [0, 0.05) is 12.8 Å². The maximum Gasteiger partial charge on any atom is 0.132 e. The van der Waals surface area contributed by atoms with Crippen LogP contribution < -0.4 is 0 Å². The summed E-state index contributed by atoms with van der Waals surface area (Å²) in [5.74, 6) is 0.396. The largest absolute Gasteiger partial charge is 0.505 e. The highest BCUT2D eigenvalue weighted by atomic mass is 16.5. The van der Waals surface area contributed by atoms with Crippen LogP contribution in [0.5, 0.6) is 0 Å². The molecule has 0 N–H and O–H groups in total. The normalized spacial score (nSPS) is 10.6. The van der Waals surface area contributed by atoms with E-state index in [1.54, 1.807) is 13.4 Å². The standard InChI is InChI=1S/C11H20O2/c1-3-4-8-11(12)9-6-5-7-10-13-2/h7,10H,3-6,8-9H2,1-2H3/b10-7-. The second kappa shape index (κ2) is 9.30. The van der Waals surface area contributed by atoms with Gasteiger partial charge in [-0.3, -0.25) is 4.79 Å². The highest BCUT2D eigenvalue weighted by molar-refractivity contribution is 5.78. The van der Waals surface area contributed by atoms with Gasteiger partial charge in [-0.2, -0.15) is 0 Å². The molecule has 0 aliphatic carbocycles. The number of carbonyl (C=O) groups excluding carboxylic acids is 1. The Hall–Kier alpha value is -0.790. The van der Waals surface area contributed by atoms with Gasteiger partial charge in [0.05, 0.1) is 13.4 Å². The van der Waals surface area contributed by atoms with Crippen molar-refractivity contribution in [1.29, 1.82) is 0 Å². The van der Waals surface area contributed by atoms with Crippen molar-refractivity contribution in [3.05, 3.63) is 12.3 Å². The third kappa shape index (κ3) is 9.12. The lowest BCUT2D eigenvalue weighted by molar-refractivity contribution is -0.119. The van der Waals surface area contributed by atoms with Crippen LogP contribution in [0.2, 0.25) is 0 Å². The van der Waals surface area contributed by atoms with Crippen LogP contribution in [0.3, 0.4) is 0 Å². The van der Waals surface area contributed by atoms with E-state index in [1.807, 2.05) is 6.08 Å². The highest BCUT2D eigenvalue weighted by Gasteiger charge is 1.98. The number of unbranched alkanes of at least 4 members (excludes halogenated alkanes) is 2. The van der Waals surface area contributed by atoms with Gasteiger partial charge in [0.15, 0.2) is 0 Å². The molecule has 0 amide bonds. The summed E-state index contributed by atoms with van der Waals surface area (Å²) in [4.78, 5) is 11.2. The molecule has 0 aliphatic heterocycles. The molecule has 0 heterocycles. The lowest BCUT2D eigenvalue weighted by atomic mass is 10.1. The van der Waals surface area contributed by atoms with Crippen molar-refractivity contribution >= 4 is 5.78 Å². The molecule has 0 aliphatic rings. The molecule has 2 heteroatoms. The van der Waals surface area contributed by atoms with Gasteiger partial charge in [-0.05, 0) is 25.3 Å². The van der Waals surface area contributed by atoms with Gasteiger partial charge in [0.2, 0.25) is 0 Å². The van der Waals surface area contributed by atoms with E-state index in [0.717, 1.165) is 32.1 Å². The number of methoxy groups -OCH3 is 1. The van der Waals surface area contributed by atoms with E-state index in [-0.39, 0.29) is 0 Å². The second-order valence-corrected chi connectivity index (χ2v) is 3.14. The van der Waals surface area contributed by atoms with E-state index in [9.17, 15) is 4.79 Å². The van der Waals surface area contributed by atoms with Crippen LogP contribution in [0.25, 0.3) is 0 Å². The van der Waals surface area contributed by atoms with Crippen molar-refractivity contribution < 1.29 is 9.53 Å². The van der Waals surface area contributed by atoms with Crippen molar-refractivity contribution in [1.82, 2.24) is 0 Å². The lowest BCUT2D eigenvalue weighted by Gasteiger charge is -1.97. The van der Waals surface area contributed by atoms with Gasteiger partial charge >= 0.3 is 0 Å². The Kier molecular flexibility index (Phi) is 8.73. The molecule has 0 saturated heterocycles. The Morgan fingerprint density at radius 3 is 2.62 bits per heavy atom. The Bertz CT molecular complexity index is 150. The fourth-order valence-electron chi connectivity index (χ4n) is 1.08. The fourth-order valence-corrected chi connectivity index (χ4v) is 1.08. The van der Waals surface area contributed by atoms with Crippen molar-refractivity contribution in [2.45, 2.75) is 45.4 Å². The summed E-state index contributed by atoms with van der Waals surface area (Å²) in [6.07, 6.45) is 9.11. The van der Waals surface area contributed by atoms with E-state index in [2.05, 4.69) is 6.92 Å². The van der Waals surface area contributed by atoms with Crippen LogP contribution in [0.15, 0.2) is 12.3 Å². The molecule has 76 valence electrons. The summed E-state index contributed by atoms with van der Waals surface area (Å²) in [5.41, 5.74) is 0. The molecule has 0 aromatic heterocycles. The predicted molar refractivity (Wildman–Crippen MR) is 54.5 cm³/mol. The molecule has 0 aromatic rings. The second-order valence-electron chi connectivity index (χ2n) is 3.14. The summed E-state index contributed by atoms with van der Waals surface area (Å²) >= 11 is 0. The fraction of sp³-hybridized carbons (Fsp3) is 0.727. The maximum atomic E-state index is 11.2. The maximum absolute atomic E-state index is 11.2. The van der Waals surface area contributed by atoms with Crippen LogP contribution in [0.4, 0.5) is 0 Å².